The van der Waals surface area contributed by atoms with Gasteiger partial charge in [-0.05, 0) is 36.5 Å². The first kappa shape index (κ1) is 12.1. The van der Waals surface area contributed by atoms with Crippen LogP contribution in [0.4, 0.5) is 0 Å². The minimum atomic E-state index is -0.0884. The standard InChI is InChI=1S/C11H15NO2.ClH/c12-11(7-2-1-3-7)8-4-5-9(13)10(14)6-8;/h4-7,11,13-14H,1-3,12H2;1H/t11-;/m0./s1. The third-order valence-electron chi connectivity index (χ3n) is 3.04. The number of hydrogen-bond acceptors (Lipinski definition) is 3. The van der Waals surface area contributed by atoms with E-state index in [9.17, 15) is 5.11 Å². The zero-order valence-corrected chi connectivity index (χ0v) is 9.20. The number of halogens is 1. The van der Waals surface area contributed by atoms with Crippen LogP contribution in [0.2, 0.25) is 0 Å². The van der Waals surface area contributed by atoms with Crippen molar-refractivity contribution in [3.8, 4) is 11.5 Å². The lowest BCUT2D eigenvalue weighted by atomic mass is 9.77. The Balaban J connectivity index is 0.00000112. The molecule has 0 saturated heterocycles. The fourth-order valence-electron chi connectivity index (χ4n) is 1.82. The Morgan fingerprint density at radius 3 is 2.33 bits per heavy atom. The predicted molar refractivity (Wildman–Crippen MR) is 61.3 cm³/mol. The molecule has 0 heterocycles. The van der Waals surface area contributed by atoms with E-state index >= 15 is 0 Å². The number of phenols is 2. The minimum absolute atomic E-state index is 0. The van der Waals surface area contributed by atoms with Crippen molar-refractivity contribution in [3.05, 3.63) is 23.8 Å². The zero-order chi connectivity index (χ0) is 10.1. The quantitative estimate of drug-likeness (QED) is 0.682. The van der Waals surface area contributed by atoms with Gasteiger partial charge in [0.2, 0.25) is 0 Å². The van der Waals surface area contributed by atoms with Crippen LogP contribution in [-0.4, -0.2) is 10.2 Å². The van der Waals surface area contributed by atoms with E-state index in [1.807, 2.05) is 0 Å². The monoisotopic (exact) mass is 229 g/mol. The van der Waals surface area contributed by atoms with Crippen LogP contribution >= 0.6 is 12.4 Å². The zero-order valence-electron chi connectivity index (χ0n) is 8.39. The fraction of sp³-hybridized carbons (Fsp3) is 0.455. The Kier molecular flexibility index (Phi) is 3.83. The van der Waals surface area contributed by atoms with Crippen LogP contribution in [0.15, 0.2) is 18.2 Å². The molecule has 3 nitrogen and oxygen atoms in total. The van der Waals surface area contributed by atoms with Gasteiger partial charge in [0.1, 0.15) is 0 Å². The molecule has 4 N–H and O–H groups in total. The van der Waals surface area contributed by atoms with E-state index in [1.54, 1.807) is 12.1 Å². The molecular formula is C11H16ClNO2. The Bertz CT molecular complexity index is 339. The molecule has 0 amide bonds. The van der Waals surface area contributed by atoms with Gasteiger partial charge in [0.05, 0.1) is 0 Å². The molecule has 1 fully saturated rings. The van der Waals surface area contributed by atoms with Gasteiger partial charge in [-0.2, -0.15) is 0 Å². The largest absolute Gasteiger partial charge is 0.504 e. The topological polar surface area (TPSA) is 66.5 Å². The maximum atomic E-state index is 9.32. The van der Waals surface area contributed by atoms with E-state index in [0.29, 0.717) is 5.92 Å². The molecule has 84 valence electrons. The molecule has 0 spiro atoms. The van der Waals surface area contributed by atoms with E-state index in [4.69, 9.17) is 10.8 Å². The average molecular weight is 230 g/mol. The second-order valence-electron chi connectivity index (χ2n) is 3.96. The maximum absolute atomic E-state index is 9.32. The van der Waals surface area contributed by atoms with Crippen molar-refractivity contribution in [1.82, 2.24) is 0 Å². The van der Waals surface area contributed by atoms with Crippen molar-refractivity contribution in [2.24, 2.45) is 11.7 Å². The SMILES string of the molecule is Cl.N[C@H](c1ccc(O)c(O)c1)C1CCC1. The van der Waals surface area contributed by atoms with E-state index in [1.165, 1.54) is 25.3 Å². The fourth-order valence-corrected chi connectivity index (χ4v) is 1.82. The van der Waals surface area contributed by atoms with Gasteiger partial charge in [-0.3, -0.25) is 0 Å². The van der Waals surface area contributed by atoms with Crippen LogP contribution in [0.1, 0.15) is 30.9 Å². The van der Waals surface area contributed by atoms with Crippen molar-refractivity contribution < 1.29 is 10.2 Å². The van der Waals surface area contributed by atoms with Crippen LogP contribution in [-0.2, 0) is 0 Å². The molecule has 2 rings (SSSR count). The third kappa shape index (κ3) is 2.36. The highest BCUT2D eigenvalue weighted by molar-refractivity contribution is 5.85. The van der Waals surface area contributed by atoms with Gasteiger partial charge in [0.15, 0.2) is 11.5 Å². The Morgan fingerprint density at radius 2 is 1.87 bits per heavy atom. The van der Waals surface area contributed by atoms with Crippen LogP contribution in [0, 0.1) is 5.92 Å². The smallest absolute Gasteiger partial charge is 0.157 e. The van der Waals surface area contributed by atoms with Gasteiger partial charge in [-0.15, -0.1) is 12.4 Å². The summed E-state index contributed by atoms with van der Waals surface area (Å²) < 4.78 is 0. The number of rotatable bonds is 2. The number of benzene rings is 1. The highest BCUT2D eigenvalue weighted by atomic mass is 35.5. The van der Waals surface area contributed by atoms with Gasteiger partial charge >= 0.3 is 0 Å². The molecule has 4 heteroatoms. The van der Waals surface area contributed by atoms with Crippen molar-refractivity contribution in [1.29, 1.82) is 0 Å². The summed E-state index contributed by atoms with van der Waals surface area (Å²) in [7, 11) is 0. The van der Waals surface area contributed by atoms with E-state index < -0.39 is 0 Å². The maximum Gasteiger partial charge on any atom is 0.157 e. The van der Waals surface area contributed by atoms with Gasteiger partial charge in [-0.1, -0.05) is 12.5 Å². The van der Waals surface area contributed by atoms with Crippen LogP contribution < -0.4 is 5.73 Å². The van der Waals surface area contributed by atoms with Crippen molar-refractivity contribution in [2.75, 3.05) is 0 Å². The highest BCUT2D eigenvalue weighted by Gasteiger charge is 2.25. The van der Waals surface area contributed by atoms with Gasteiger partial charge in [-0.25, -0.2) is 0 Å². The van der Waals surface area contributed by atoms with E-state index in [2.05, 4.69) is 0 Å². The van der Waals surface area contributed by atoms with Gasteiger partial charge < -0.3 is 15.9 Å². The minimum Gasteiger partial charge on any atom is -0.504 e. The third-order valence-corrected chi connectivity index (χ3v) is 3.04. The van der Waals surface area contributed by atoms with E-state index in [0.717, 1.165) is 5.56 Å². The number of nitrogens with two attached hydrogens (primary N) is 1. The molecule has 15 heavy (non-hydrogen) atoms. The van der Waals surface area contributed by atoms with Gasteiger partial charge in [0, 0.05) is 6.04 Å². The molecule has 0 bridgehead atoms. The van der Waals surface area contributed by atoms with Crippen LogP contribution in [0.3, 0.4) is 0 Å². The Hall–Kier alpha value is -0.930. The molecule has 1 aliphatic rings. The molecule has 0 unspecified atom stereocenters. The molecule has 1 aliphatic carbocycles. The average Bonchev–Trinajstić information content (AvgIpc) is 2.06. The number of phenolic OH excluding ortho intramolecular Hbond substituents is 2. The second kappa shape index (κ2) is 4.73. The summed E-state index contributed by atoms with van der Waals surface area (Å²) in [4.78, 5) is 0. The normalized spacial score (nSPS) is 17.7. The first-order valence-electron chi connectivity index (χ1n) is 4.96. The van der Waals surface area contributed by atoms with Crippen LogP contribution in [0.25, 0.3) is 0 Å². The Morgan fingerprint density at radius 1 is 1.20 bits per heavy atom. The summed E-state index contributed by atoms with van der Waals surface area (Å²) in [6.45, 7) is 0. The Labute approximate surface area is 95.3 Å². The number of hydrogen-bond donors (Lipinski definition) is 3. The van der Waals surface area contributed by atoms with E-state index in [-0.39, 0.29) is 29.9 Å². The van der Waals surface area contributed by atoms with Gasteiger partial charge in [0.25, 0.3) is 0 Å². The molecule has 0 aliphatic heterocycles. The molecule has 0 aromatic heterocycles. The van der Waals surface area contributed by atoms with Crippen LogP contribution in [0.5, 0.6) is 11.5 Å². The summed E-state index contributed by atoms with van der Waals surface area (Å²) >= 11 is 0. The summed E-state index contributed by atoms with van der Waals surface area (Å²) in [6.07, 6.45) is 3.59. The lowest BCUT2D eigenvalue weighted by molar-refractivity contribution is 0.264. The van der Waals surface area contributed by atoms with Crippen molar-refractivity contribution >= 4 is 12.4 Å². The summed E-state index contributed by atoms with van der Waals surface area (Å²) in [5.74, 6) is 0.366. The molecule has 0 radical (unpaired) electrons. The van der Waals surface area contributed by atoms with Crippen molar-refractivity contribution in [3.63, 3.8) is 0 Å². The van der Waals surface area contributed by atoms with Crippen molar-refractivity contribution in [2.45, 2.75) is 25.3 Å². The predicted octanol–water partition coefficient (Wildman–Crippen LogP) is 2.32. The lowest BCUT2D eigenvalue weighted by Gasteiger charge is -2.31. The summed E-state index contributed by atoms with van der Waals surface area (Å²) in [5.41, 5.74) is 6.93. The molecule has 1 aromatic carbocycles. The summed E-state index contributed by atoms with van der Waals surface area (Å²) in [5, 5.41) is 18.5. The summed E-state index contributed by atoms with van der Waals surface area (Å²) in [6, 6.07) is 4.81. The molecule has 1 saturated carbocycles. The highest BCUT2D eigenvalue weighted by Crippen LogP contribution is 2.38. The second-order valence-corrected chi connectivity index (χ2v) is 3.96. The first-order chi connectivity index (χ1) is 6.68. The first-order valence-corrected chi connectivity index (χ1v) is 4.96. The number of aromatic hydroxyl groups is 2. The lowest BCUT2D eigenvalue weighted by Crippen LogP contribution is -2.26. The molecule has 1 atom stereocenters. The molecular weight excluding hydrogens is 214 g/mol. The molecule has 1 aromatic rings.